The van der Waals surface area contributed by atoms with Gasteiger partial charge in [0.2, 0.25) is 0 Å². The highest BCUT2D eigenvalue weighted by molar-refractivity contribution is 6.09. The van der Waals surface area contributed by atoms with Gasteiger partial charge in [-0.1, -0.05) is 223 Å². The third-order valence-corrected chi connectivity index (χ3v) is 15.9. The molecule has 0 aliphatic heterocycles. The van der Waals surface area contributed by atoms with Crippen LogP contribution in [0.3, 0.4) is 0 Å². The molecule has 3 aromatic heterocycles. The fraction of sp³-hybridized carbons (Fsp3) is 0.233. The zero-order valence-corrected chi connectivity index (χ0v) is 47.5. The molecule has 0 saturated heterocycles. The van der Waals surface area contributed by atoms with Gasteiger partial charge >= 0.3 is 0 Å². The third kappa shape index (κ3) is 9.65. The van der Waals surface area contributed by atoms with Crippen LogP contribution in [0.1, 0.15) is 128 Å². The van der Waals surface area contributed by atoms with Crippen LogP contribution in [0, 0.1) is 6.33 Å². The van der Waals surface area contributed by atoms with Crippen molar-refractivity contribution in [1.29, 1.82) is 0 Å². The summed E-state index contributed by atoms with van der Waals surface area (Å²) in [7, 11) is 0. The summed E-state index contributed by atoms with van der Waals surface area (Å²) >= 11 is 0. The zero-order chi connectivity index (χ0) is 54.7. The Bertz CT molecular complexity index is 3970. The number of ether oxygens (including phenoxy) is 1. The molecule has 78 heavy (non-hydrogen) atoms. The SMILES string of the molecule is CC(C)c1ccccc1-c1cc(Oc2ccc3c4ccccc4n(-c4cc(C(C)(C)c5ccccc5)ccn4)c3c2)cc(-n2[c-][n+](-c3cc(-c4ccccc4)cc(C(C)(C)c4ccccc4)c3)c(C(C)(C)C)c2C(C)(C)C)c1. The molecule has 5 heteroatoms. The maximum absolute atomic E-state index is 7.24. The molecule has 3 heterocycles. The Hall–Kier alpha value is -8.28. The van der Waals surface area contributed by atoms with E-state index in [1.54, 1.807) is 0 Å². The van der Waals surface area contributed by atoms with Gasteiger partial charge in [-0.15, -0.1) is 0 Å². The van der Waals surface area contributed by atoms with Gasteiger partial charge in [0.1, 0.15) is 17.3 Å². The first-order valence-electron chi connectivity index (χ1n) is 27.6. The standard InChI is InChI=1S/C73H72N4O/c1-49(2)61-32-22-23-33-62(61)52-42-58(46-60(43-52)78-59-36-37-64-63-34-24-25-35-65(63)77(66(64)47-59)67-45-55(38-39-74-67)72(9,10)53-28-18-14-19-29-53)76-48-75(68(70(3,4)5)69(76)71(6,7)8)57-41-51(50-26-16-13-17-27-50)40-56(44-57)73(11,12)54-30-20-15-21-31-54/h13-47,49H,1-12H3. The fourth-order valence-corrected chi connectivity index (χ4v) is 11.6. The number of imidazole rings is 1. The lowest BCUT2D eigenvalue weighted by Crippen LogP contribution is -2.41. The first-order chi connectivity index (χ1) is 37.3. The first kappa shape index (κ1) is 51.8. The van der Waals surface area contributed by atoms with Crippen LogP contribution in [-0.2, 0) is 21.7 Å². The molecule has 0 radical (unpaired) electrons. The number of pyridine rings is 1. The van der Waals surface area contributed by atoms with Gasteiger partial charge < -0.3 is 4.74 Å². The second-order valence-corrected chi connectivity index (χ2v) is 24.6. The van der Waals surface area contributed by atoms with Gasteiger partial charge in [0.15, 0.2) is 0 Å². The predicted molar refractivity (Wildman–Crippen MR) is 324 cm³/mol. The Kier molecular flexibility index (Phi) is 13.2. The van der Waals surface area contributed by atoms with Crippen molar-refractivity contribution in [3.05, 3.63) is 258 Å². The van der Waals surface area contributed by atoms with Crippen molar-refractivity contribution in [2.75, 3.05) is 0 Å². The minimum absolute atomic E-state index is 0.242. The van der Waals surface area contributed by atoms with Gasteiger partial charge in [-0.2, -0.15) is 0 Å². The van der Waals surface area contributed by atoms with Gasteiger partial charge in [0, 0.05) is 33.9 Å². The molecule has 11 rings (SSSR count). The molecular formula is C73H72N4O. The number of rotatable bonds is 12. The molecule has 8 aromatic carbocycles. The largest absolute Gasteiger partial charge is 0.458 e. The maximum Gasteiger partial charge on any atom is 0.269 e. The number of benzene rings is 8. The zero-order valence-electron chi connectivity index (χ0n) is 47.5. The van der Waals surface area contributed by atoms with Crippen LogP contribution in [-0.4, -0.2) is 14.1 Å². The Morgan fingerprint density at radius 1 is 0.474 bits per heavy atom. The Balaban J connectivity index is 1.11. The highest BCUT2D eigenvalue weighted by Crippen LogP contribution is 2.42. The van der Waals surface area contributed by atoms with Crippen molar-refractivity contribution in [2.24, 2.45) is 0 Å². The normalized spacial score (nSPS) is 12.5. The third-order valence-electron chi connectivity index (χ3n) is 15.9. The van der Waals surface area contributed by atoms with Crippen molar-refractivity contribution < 1.29 is 9.30 Å². The van der Waals surface area contributed by atoms with Crippen LogP contribution in [0.25, 0.3) is 61.3 Å². The second-order valence-electron chi connectivity index (χ2n) is 24.6. The quantitative estimate of drug-likeness (QED) is 0.0903. The highest BCUT2D eigenvalue weighted by atomic mass is 16.5. The minimum Gasteiger partial charge on any atom is -0.458 e. The number of hydrogen-bond acceptors (Lipinski definition) is 2. The Morgan fingerprint density at radius 3 is 1.76 bits per heavy atom. The van der Waals surface area contributed by atoms with Crippen molar-refractivity contribution >= 4 is 21.8 Å². The molecule has 0 bridgehead atoms. The van der Waals surface area contributed by atoms with Gasteiger partial charge in [-0.3, -0.25) is 13.7 Å². The molecule has 0 N–H and O–H groups in total. The van der Waals surface area contributed by atoms with Gasteiger partial charge in [0.05, 0.1) is 33.8 Å². The summed E-state index contributed by atoms with van der Waals surface area (Å²) < 4.78 is 14.2. The fourth-order valence-electron chi connectivity index (χ4n) is 11.6. The van der Waals surface area contributed by atoms with Crippen molar-refractivity contribution in [2.45, 2.75) is 111 Å². The Labute approximate surface area is 462 Å². The maximum atomic E-state index is 7.24. The summed E-state index contributed by atoms with van der Waals surface area (Å²) in [5.41, 5.74) is 16.2. The van der Waals surface area contributed by atoms with E-state index in [0.717, 1.165) is 61.6 Å². The number of fused-ring (bicyclic) bond motifs is 3. The van der Waals surface area contributed by atoms with E-state index >= 15 is 0 Å². The van der Waals surface area contributed by atoms with E-state index in [2.05, 4.69) is 309 Å². The second kappa shape index (κ2) is 19.9. The molecule has 0 atom stereocenters. The summed E-state index contributed by atoms with van der Waals surface area (Å²) in [6.45, 7) is 27.8. The number of nitrogens with zero attached hydrogens (tertiary/aromatic N) is 4. The van der Waals surface area contributed by atoms with Crippen LogP contribution in [0.2, 0.25) is 0 Å². The number of hydrogen-bond donors (Lipinski definition) is 0. The van der Waals surface area contributed by atoms with Crippen LogP contribution in [0.15, 0.2) is 212 Å². The summed E-state index contributed by atoms with van der Waals surface area (Å²) in [5, 5.41) is 2.30. The van der Waals surface area contributed by atoms with E-state index in [1.807, 2.05) is 6.20 Å². The lowest BCUT2D eigenvalue weighted by Gasteiger charge is -2.31. The molecule has 0 aliphatic rings. The lowest BCUT2D eigenvalue weighted by atomic mass is 9.77. The molecule has 11 aromatic rings. The molecular weight excluding hydrogens is 949 g/mol. The van der Waals surface area contributed by atoms with Gasteiger partial charge in [-0.25, -0.2) is 4.98 Å². The minimum atomic E-state index is -0.305. The van der Waals surface area contributed by atoms with Crippen LogP contribution in [0.5, 0.6) is 11.5 Å². The molecule has 0 aliphatic carbocycles. The van der Waals surface area contributed by atoms with Gasteiger partial charge in [-0.05, 0) is 127 Å². The first-order valence-corrected chi connectivity index (χ1v) is 27.6. The molecule has 0 saturated carbocycles. The van der Waals surface area contributed by atoms with E-state index in [1.165, 1.54) is 50.3 Å². The van der Waals surface area contributed by atoms with Gasteiger partial charge in [0.25, 0.3) is 6.33 Å². The van der Waals surface area contributed by atoms with Crippen LogP contribution >= 0.6 is 0 Å². The summed E-state index contributed by atoms with van der Waals surface area (Å²) in [5.74, 6) is 2.63. The molecule has 0 fully saturated rings. The lowest BCUT2D eigenvalue weighted by molar-refractivity contribution is -0.611. The molecule has 390 valence electrons. The molecule has 0 spiro atoms. The van der Waals surface area contributed by atoms with Crippen molar-refractivity contribution in [3.8, 4) is 50.9 Å². The predicted octanol–water partition coefficient (Wildman–Crippen LogP) is 18.5. The van der Waals surface area contributed by atoms with Crippen LogP contribution < -0.4 is 9.30 Å². The molecule has 0 amide bonds. The van der Waals surface area contributed by atoms with E-state index < -0.39 is 0 Å². The molecule has 5 nitrogen and oxygen atoms in total. The van der Waals surface area contributed by atoms with E-state index in [4.69, 9.17) is 9.72 Å². The summed E-state index contributed by atoms with van der Waals surface area (Å²) in [6, 6.07) is 74.5. The number of aromatic nitrogens is 4. The smallest absolute Gasteiger partial charge is 0.269 e. The van der Waals surface area contributed by atoms with E-state index in [-0.39, 0.29) is 21.7 Å². The van der Waals surface area contributed by atoms with Crippen molar-refractivity contribution in [1.82, 2.24) is 14.1 Å². The average Bonchev–Trinajstić information content (AvgIpc) is 4.20. The summed E-state index contributed by atoms with van der Waals surface area (Å²) in [6.07, 6.45) is 6.00. The highest BCUT2D eigenvalue weighted by Gasteiger charge is 2.35. The monoisotopic (exact) mass is 1020 g/mol. The Morgan fingerprint density at radius 2 is 1.09 bits per heavy atom. The van der Waals surface area contributed by atoms with E-state index in [9.17, 15) is 0 Å². The van der Waals surface area contributed by atoms with E-state index in [0.29, 0.717) is 5.92 Å². The topological polar surface area (TPSA) is 35.9 Å². The average molecular weight is 1020 g/mol. The molecule has 0 unspecified atom stereocenters. The summed E-state index contributed by atoms with van der Waals surface area (Å²) in [4.78, 5) is 5.06. The number of para-hydroxylation sites is 1. The van der Waals surface area contributed by atoms with Crippen molar-refractivity contribution in [3.63, 3.8) is 0 Å². The van der Waals surface area contributed by atoms with Crippen LogP contribution in [0.4, 0.5) is 0 Å².